The lowest BCUT2D eigenvalue weighted by Crippen LogP contribution is -2.50. The molecular weight excluding hydrogens is 394 g/mol. The van der Waals surface area contributed by atoms with Gasteiger partial charge < -0.3 is 20.6 Å². The predicted octanol–water partition coefficient (Wildman–Crippen LogP) is 0.238. The fraction of sp³-hybridized carbons (Fsp3) is 0.500. The summed E-state index contributed by atoms with van der Waals surface area (Å²) < 4.78 is 27.0. The van der Waals surface area contributed by atoms with Crippen molar-refractivity contribution in [3.63, 3.8) is 0 Å². The highest BCUT2D eigenvalue weighted by Gasteiger charge is 2.30. The number of H-pyrrole nitrogens is 2. The second-order valence-corrected chi connectivity index (χ2v) is 8.53. The topological polar surface area (TPSA) is 132 Å². The molecule has 1 aromatic heterocycles. The number of nitrogens with one attached hydrogen (secondary N) is 2. The van der Waals surface area contributed by atoms with E-state index in [0.717, 1.165) is 0 Å². The first-order valence-corrected chi connectivity index (χ1v) is 9.97. The number of nitrogens with zero attached hydrogens (tertiary/aromatic N) is 2. The quantitative estimate of drug-likeness (QED) is 0.640. The summed E-state index contributed by atoms with van der Waals surface area (Å²) in [5.41, 5.74) is 6.29. The van der Waals surface area contributed by atoms with Gasteiger partial charge in [0.05, 0.1) is 15.9 Å². The van der Waals surface area contributed by atoms with Crippen molar-refractivity contribution in [3.8, 4) is 0 Å². The Balaban J connectivity index is 0.00000261. The Morgan fingerprint density at radius 2 is 1.81 bits per heavy atom. The van der Waals surface area contributed by atoms with Gasteiger partial charge in [-0.15, -0.1) is 12.4 Å². The molecule has 1 aromatic carbocycles. The third kappa shape index (κ3) is 4.70. The summed E-state index contributed by atoms with van der Waals surface area (Å²) in [4.78, 5) is 30.4. The van der Waals surface area contributed by atoms with Crippen LogP contribution in [0.5, 0.6) is 0 Å². The molecule has 1 fully saturated rings. The average Bonchev–Trinajstić information content (AvgIpc) is 2.98. The molecule has 1 atom stereocenters. The molecule has 0 bridgehead atoms. The molecule has 27 heavy (non-hydrogen) atoms. The summed E-state index contributed by atoms with van der Waals surface area (Å²) in [5, 5.41) is 0. The van der Waals surface area contributed by atoms with Crippen LogP contribution in [0.1, 0.15) is 19.8 Å². The van der Waals surface area contributed by atoms with Crippen LogP contribution in [0.2, 0.25) is 0 Å². The highest BCUT2D eigenvalue weighted by molar-refractivity contribution is 7.89. The number of carbonyl (C=O) groups is 1. The molecule has 0 saturated carbocycles. The molecule has 0 spiro atoms. The third-order valence-electron chi connectivity index (χ3n) is 4.53. The van der Waals surface area contributed by atoms with Gasteiger partial charge in [0.2, 0.25) is 15.9 Å². The van der Waals surface area contributed by atoms with Crippen LogP contribution < -0.4 is 11.4 Å². The van der Waals surface area contributed by atoms with Crippen molar-refractivity contribution in [1.82, 2.24) is 19.2 Å². The first-order valence-electron chi connectivity index (χ1n) is 8.53. The Bertz CT molecular complexity index is 961. The van der Waals surface area contributed by atoms with Gasteiger partial charge in [-0.2, -0.15) is 4.31 Å². The zero-order valence-electron chi connectivity index (χ0n) is 15.0. The molecule has 3 rings (SSSR count). The van der Waals surface area contributed by atoms with Crippen molar-refractivity contribution in [2.45, 2.75) is 30.7 Å². The van der Waals surface area contributed by atoms with Gasteiger partial charge in [0.15, 0.2) is 0 Å². The number of amides is 1. The molecule has 0 radical (unpaired) electrons. The van der Waals surface area contributed by atoms with E-state index < -0.39 is 10.0 Å². The third-order valence-corrected chi connectivity index (χ3v) is 6.42. The van der Waals surface area contributed by atoms with Crippen molar-refractivity contribution < 1.29 is 13.2 Å². The average molecular weight is 418 g/mol. The number of piperazine rings is 1. The lowest BCUT2D eigenvalue weighted by Gasteiger charge is -2.34. The molecule has 1 aliphatic rings. The zero-order valence-corrected chi connectivity index (χ0v) is 16.6. The van der Waals surface area contributed by atoms with Crippen molar-refractivity contribution in [3.05, 3.63) is 28.7 Å². The minimum absolute atomic E-state index is 0. The van der Waals surface area contributed by atoms with Crippen LogP contribution in [-0.4, -0.2) is 65.7 Å². The number of benzene rings is 1. The van der Waals surface area contributed by atoms with Crippen LogP contribution >= 0.6 is 12.4 Å². The normalized spacial score (nSPS) is 16.9. The maximum absolute atomic E-state index is 12.8. The highest BCUT2D eigenvalue weighted by atomic mass is 35.5. The molecule has 150 valence electrons. The maximum Gasteiger partial charge on any atom is 0.323 e. The Kier molecular flexibility index (Phi) is 6.68. The first-order chi connectivity index (χ1) is 12.3. The first kappa shape index (κ1) is 21.4. The Hall–Kier alpha value is -1.88. The Labute approximate surface area is 163 Å². The monoisotopic (exact) mass is 417 g/mol. The highest BCUT2D eigenvalue weighted by Crippen LogP contribution is 2.21. The van der Waals surface area contributed by atoms with Gasteiger partial charge >= 0.3 is 5.69 Å². The molecule has 4 N–H and O–H groups in total. The van der Waals surface area contributed by atoms with E-state index >= 15 is 0 Å². The molecule has 1 amide bonds. The summed E-state index contributed by atoms with van der Waals surface area (Å²) >= 11 is 0. The second-order valence-electron chi connectivity index (χ2n) is 6.59. The maximum atomic E-state index is 12.8. The predicted molar refractivity (Wildman–Crippen MR) is 104 cm³/mol. The Morgan fingerprint density at radius 3 is 2.44 bits per heavy atom. The van der Waals surface area contributed by atoms with E-state index in [1.54, 1.807) is 11.0 Å². The molecule has 0 aliphatic carbocycles. The number of fused-ring (bicyclic) bond motifs is 1. The number of sulfonamides is 1. The van der Waals surface area contributed by atoms with E-state index in [-0.39, 0.29) is 48.0 Å². The van der Waals surface area contributed by atoms with Crippen LogP contribution in [0.25, 0.3) is 11.0 Å². The number of hydrogen-bond donors (Lipinski definition) is 3. The van der Waals surface area contributed by atoms with Gasteiger partial charge in [-0.05, 0) is 31.5 Å². The molecule has 1 unspecified atom stereocenters. The van der Waals surface area contributed by atoms with E-state index in [1.165, 1.54) is 16.4 Å². The lowest BCUT2D eigenvalue weighted by molar-refractivity contribution is -0.132. The number of hydrogen-bond acceptors (Lipinski definition) is 5. The minimum atomic E-state index is -3.68. The largest absolute Gasteiger partial charge is 0.340 e. The fourth-order valence-corrected chi connectivity index (χ4v) is 4.46. The molecule has 11 heteroatoms. The summed E-state index contributed by atoms with van der Waals surface area (Å²) in [6.07, 6.45) is 0.994. The van der Waals surface area contributed by atoms with Gasteiger partial charge in [0, 0.05) is 38.6 Å². The fourth-order valence-electron chi connectivity index (χ4n) is 3.01. The van der Waals surface area contributed by atoms with Crippen molar-refractivity contribution in [2.24, 2.45) is 5.73 Å². The van der Waals surface area contributed by atoms with Crippen LogP contribution in [0.15, 0.2) is 27.9 Å². The number of rotatable bonds is 5. The standard InChI is InChI=1S/C16H23N5O4S.ClH/c1-11(17)2-5-15(22)20-6-8-21(9-7-20)26(24,25)12-3-4-13-14(10-12)19-16(23)18-13;/h3-4,10-11H,2,5-9,17H2,1H3,(H2,18,19,23);1H. The minimum Gasteiger partial charge on any atom is -0.340 e. The SMILES string of the molecule is CC(N)CCC(=O)N1CCN(S(=O)(=O)c2ccc3[nH]c(=O)[nH]c3c2)CC1.Cl. The number of nitrogens with two attached hydrogens (primary N) is 1. The van der Waals surface area contributed by atoms with Gasteiger partial charge in [0.1, 0.15) is 0 Å². The van der Waals surface area contributed by atoms with Crippen LogP contribution in [0, 0.1) is 0 Å². The number of halogens is 1. The second kappa shape index (κ2) is 8.42. The van der Waals surface area contributed by atoms with Gasteiger partial charge in [0.25, 0.3) is 0 Å². The number of imidazole rings is 1. The summed E-state index contributed by atoms with van der Waals surface area (Å²) in [6.45, 7) is 3.06. The Morgan fingerprint density at radius 1 is 1.19 bits per heavy atom. The molecule has 1 aliphatic heterocycles. The van der Waals surface area contributed by atoms with E-state index in [4.69, 9.17) is 5.73 Å². The van der Waals surface area contributed by atoms with Gasteiger partial charge in [-0.25, -0.2) is 13.2 Å². The van der Waals surface area contributed by atoms with Crippen molar-refractivity contribution in [1.29, 1.82) is 0 Å². The van der Waals surface area contributed by atoms with Crippen molar-refractivity contribution in [2.75, 3.05) is 26.2 Å². The van der Waals surface area contributed by atoms with Crippen LogP contribution in [-0.2, 0) is 14.8 Å². The van der Waals surface area contributed by atoms with E-state index in [9.17, 15) is 18.0 Å². The molecule has 2 heterocycles. The van der Waals surface area contributed by atoms with Crippen molar-refractivity contribution >= 4 is 39.4 Å². The zero-order chi connectivity index (χ0) is 18.9. The van der Waals surface area contributed by atoms with E-state index in [1.807, 2.05) is 6.92 Å². The number of carbonyl (C=O) groups excluding carboxylic acids is 1. The van der Waals surface area contributed by atoms with E-state index in [0.29, 0.717) is 37.0 Å². The molecular formula is C16H24ClN5O4S. The summed E-state index contributed by atoms with van der Waals surface area (Å²) in [6, 6.07) is 4.45. The molecule has 1 saturated heterocycles. The summed E-state index contributed by atoms with van der Waals surface area (Å²) in [5.74, 6) is 0.00525. The number of aromatic nitrogens is 2. The van der Waals surface area contributed by atoms with Gasteiger partial charge in [-0.3, -0.25) is 4.79 Å². The molecule has 2 aromatic rings. The van der Waals surface area contributed by atoms with Crippen LogP contribution in [0.3, 0.4) is 0 Å². The molecule has 9 nitrogen and oxygen atoms in total. The van der Waals surface area contributed by atoms with Crippen LogP contribution in [0.4, 0.5) is 0 Å². The van der Waals surface area contributed by atoms with E-state index in [2.05, 4.69) is 9.97 Å². The summed E-state index contributed by atoms with van der Waals surface area (Å²) in [7, 11) is -3.68. The lowest BCUT2D eigenvalue weighted by atomic mass is 10.2. The number of aromatic amines is 2. The van der Waals surface area contributed by atoms with Gasteiger partial charge in [-0.1, -0.05) is 0 Å². The smallest absolute Gasteiger partial charge is 0.323 e.